The smallest absolute Gasteiger partial charge is 0.203 e. The Hall–Kier alpha value is -1.91. The molecule has 0 aliphatic carbocycles. The van der Waals surface area contributed by atoms with Crippen molar-refractivity contribution in [2.45, 2.75) is 19.9 Å². The van der Waals surface area contributed by atoms with E-state index in [-0.39, 0.29) is 0 Å². The maximum absolute atomic E-state index is 13.1. The largest absolute Gasteiger partial charge is 0.356 e. The van der Waals surface area contributed by atoms with Crippen LogP contribution in [0.25, 0.3) is 0 Å². The van der Waals surface area contributed by atoms with Crippen LogP contribution in [0.15, 0.2) is 30.6 Å². The fourth-order valence-electron chi connectivity index (χ4n) is 1.68. The van der Waals surface area contributed by atoms with Gasteiger partial charge in [0.1, 0.15) is 0 Å². The fraction of sp³-hybridized carbons (Fsp3) is 0.308. The number of anilines is 1. The van der Waals surface area contributed by atoms with Crippen LogP contribution < -0.4 is 5.32 Å². The van der Waals surface area contributed by atoms with E-state index in [4.69, 9.17) is 0 Å². The summed E-state index contributed by atoms with van der Waals surface area (Å²) in [5.41, 5.74) is 0.700. The second-order valence-corrected chi connectivity index (χ2v) is 4.05. The van der Waals surface area contributed by atoms with Crippen LogP contribution in [0.3, 0.4) is 0 Å². The van der Waals surface area contributed by atoms with Crippen molar-refractivity contribution in [3.05, 3.63) is 47.8 Å². The third-order valence-corrected chi connectivity index (χ3v) is 2.59. The number of hydrogen-bond donors (Lipinski definition) is 1. The van der Waals surface area contributed by atoms with E-state index in [1.807, 2.05) is 4.57 Å². The number of nitrogens with one attached hydrogen (secondary N) is 1. The van der Waals surface area contributed by atoms with Gasteiger partial charge in [0.05, 0.1) is 6.54 Å². The molecule has 0 saturated carbocycles. The fourth-order valence-corrected chi connectivity index (χ4v) is 1.68. The molecule has 1 aromatic carbocycles. The Bertz CT molecular complexity index is 523. The second-order valence-electron chi connectivity index (χ2n) is 4.05. The molecule has 2 rings (SSSR count). The Kier molecular flexibility index (Phi) is 3.92. The average molecular weight is 251 g/mol. The second kappa shape index (κ2) is 5.62. The molecule has 0 atom stereocenters. The zero-order valence-electron chi connectivity index (χ0n) is 10.2. The first-order valence-corrected chi connectivity index (χ1v) is 5.89. The summed E-state index contributed by atoms with van der Waals surface area (Å²) in [6.07, 6.45) is 4.48. The van der Waals surface area contributed by atoms with E-state index in [0.717, 1.165) is 25.0 Å². The van der Waals surface area contributed by atoms with Gasteiger partial charge in [0.25, 0.3) is 0 Å². The molecule has 0 bridgehead atoms. The van der Waals surface area contributed by atoms with Gasteiger partial charge in [-0.25, -0.2) is 13.8 Å². The van der Waals surface area contributed by atoms with Gasteiger partial charge in [-0.1, -0.05) is 13.0 Å². The van der Waals surface area contributed by atoms with Crippen molar-refractivity contribution in [1.29, 1.82) is 0 Å². The monoisotopic (exact) mass is 251 g/mol. The molecule has 0 fully saturated rings. The van der Waals surface area contributed by atoms with E-state index >= 15 is 0 Å². The third-order valence-electron chi connectivity index (χ3n) is 2.59. The summed E-state index contributed by atoms with van der Waals surface area (Å²) in [5.74, 6) is -0.911. The first kappa shape index (κ1) is 12.5. The van der Waals surface area contributed by atoms with Crippen molar-refractivity contribution in [3.8, 4) is 0 Å². The van der Waals surface area contributed by atoms with Crippen LogP contribution >= 0.6 is 0 Å². The van der Waals surface area contributed by atoms with E-state index in [2.05, 4.69) is 17.2 Å². The summed E-state index contributed by atoms with van der Waals surface area (Å²) in [7, 11) is 0. The van der Waals surface area contributed by atoms with Gasteiger partial charge in [0.2, 0.25) is 5.95 Å². The summed E-state index contributed by atoms with van der Waals surface area (Å²) < 4.78 is 27.8. The highest BCUT2D eigenvalue weighted by atomic mass is 19.2. The molecule has 18 heavy (non-hydrogen) atoms. The summed E-state index contributed by atoms with van der Waals surface area (Å²) >= 11 is 0. The molecule has 0 radical (unpaired) electrons. The Morgan fingerprint density at radius 2 is 2.11 bits per heavy atom. The Morgan fingerprint density at radius 3 is 2.83 bits per heavy atom. The SMILES string of the molecule is CCCNc1nccn1Cc1ccc(F)c(F)c1. The van der Waals surface area contributed by atoms with Crippen LogP contribution in [0.2, 0.25) is 0 Å². The zero-order chi connectivity index (χ0) is 13.0. The predicted octanol–water partition coefficient (Wildman–Crippen LogP) is 3.03. The molecule has 0 amide bonds. The number of nitrogens with zero attached hydrogens (tertiary/aromatic N) is 2. The van der Waals surface area contributed by atoms with Crippen LogP contribution in [0, 0.1) is 11.6 Å². The molecule has 1 N–H and O–H groups in total. The lowest BCUT2D eigenvalue weighted by molar-refractivity contribution is 0.506. The number of imidazole rings is 1. The van der Waals surface area contributed by atoms with Crippen LogP contribution in [0.1, 0.15) is 18.9 Å². The molecule has 1 aromatic heterocycles. The number of aromatic nitrogens is 2. The highest BCUT2D eigenvalue weighted by molar-refractivity contribution is 5.28. The van der Waals surface area contributed by atoms with E-state index < -0.39 is 11.6 Å². The van der Waals surface area contributed by atoms with Gasteiger partial charge in [-0.3, -0.25) is 0 Å². The van der Waals surface area contributed by atoms with Crippen molar-refractivity contribution in [2.75, 3.05) is 11.9 Å². The van der Waals surface area contributed by atoms with Crippen LogP contribution in [0.5, 0.6) is 0 Å². The van der Waals surface area contributed by atoms with Crippen molar-refractivity contribution < 1.29 is 8.78 Å². The molecule has 0 aliphatic rings. The van der Waals surface area contributed by atoms with Gasteiger partial charge in [-0.2, -0.15) is 0 Å². The van der Waals surface area contributed by atoms with E-state index in [9.17, 15) is 8.78 Å². The molecule has 0 saturated heterocycles. The number of rotatable bonds is 5. The Morgan fingerprint density at radius 1 is 1.28 bits per heavy atom. The van der Waals surface area contributed by atoms with E-state index in [0.29, 0.717) is 12.1 Å². The maximum Gasteiger partial charge on any atom is 0.203 e. The molecule has 2 aromatic rings. The molecule has 5 heteroatoms. The average Bonchev–Trinajstić information content (AvgIpc) is 2.79. The predicted molar refractivity (Wildman–Crippen MR) is 66.5 cm³/mol. The van der Waals surface area contributed by atoms with Crippen LogP contribution in [-0.4, -0.2) is 16.1 Å². The minimum Gasteiger partial charge on any atom is -0.356 e. The molecule has 0 unspecified atom stereocenters. The van der Waals surface area contributed by atoms with Gasteiger partial charge in [-0.15, -0.1) is 0 Å². The van der Waals surface area contributed by atoms with Crippen molar-refractivity contribution >= 4 is 5.95 Å². The Labute approximate surface area is 104 Å². The Balaban J connectivity index is 2.13. The van der Waals surface area contributed by atoms with E-state index in [1.54, 1.807) is 18.5 Å². The quantitative estimate of drug-likeness (QED) is 0.885. The highest BCUT2D eigenvalue weighted by Gasteiger charge is 2.05. The molecule has 1 heterocycles. The standard InChI is InChI=1S/C13H15F2N3/c1-2-5-16-13-17-6-7-18(13)9-10-3-4-11(14)12(15)8-10/h3-4,6-8H,2,5,9H2,1H3,(H,16,17). The molecule has 0 spiro atoms. The number of benzene rings is 1. The first-order valence-electron chi connectivity index (χ1n) is 5.89. The summed E-state index contributed by atoms with van der Waals surface area (Å²) in [6, 6.07) is 3.92. The number of halogens is 2. The lowest BCUT2D eigenvalue weighted by atomic mass is 10.2. The minimum atomic E-state index is -0.825. The van der Waals surface area contributed by atoms with Crippen molar-refractivity contribution in [2.24, 2.45) is 0 Å². The highest BCUT2D eigenvalue weighted by Crippen LogP contribution is 2.12. The molecule has 3 nitrogen and oxygen atoms in total. The molecule has 0 aliphatic heterocycles. The first-order chi connectivity index (χ1) is 8.70. The van der Waals surface area contributed by atoms with Gasteiger partial charge < -0.3 is 9.88 Å². The van der Waals surface area contributed by atoms with Crippen LogP contribution in [0.4, 0.5) is 14.7 Å². The van der Waals surface area contributed by atoms with Crippen molar-refractivity contribution in [1.82, 2.24) is 9.55 Å². The lowest BCUT2D eigenvalue weighted by Crippen LogP contribution is -2.09. The topological polar surface area (TPSA) is 29.9 Å². The van der Waals surface area contributed by atoms with Crippen LogP contribution in [-0.2, 0) is 6.54 Å². The molecular weight excluding hydrogens is 236 g/mol. The molecule has 96 valence electrons. The normalized spacial score (nSPS) is 10.6. The van der Waals surface area contributed by atoms with E-state index in [1.165, 1.54) is 6.07 Å². The third kappa shape index (κ3) is 2.85. The van der Waals surface area contributed by atoms with Gasteiger partial charge >= 0.3 is 0 Å². The zero-order valence-corrected chi connectivity index (χ0v) is 10.2. The maximum atomic E-state index is 13.1. The summed E-state index contributed by atoms with van der Waals surface area (Å²) in [5, 5.41) is 3.17. The minimum absolute atomic E-state index is 0.462. The van der Waals surface area contributed by atoms with Gasteiger partial charge in [-0.05, 0) is 24.1 Å². The number of hydrogen-bond acceptors (Lipinski definition) is 2. The van der Waals surface area contributed by atoms with Gasteiger partial charge in [0, 0.05) is 18.9 Å². The summed E-state index contributed by atoms with van der Waals surface area (Å²) in [4.78, 5) is 4.17. The summed E-state index contributed by atoms with van der Waals surface area (Å²) in [6.45, 7) is 3.35. The van der Waals surface area contributed by atoms with Crippen molar-refractivity contribution in [3.63, 3.8) is 0 Å². The molecular formula is C13H15F2N3. The lowest BCUT2D eigenvalue weighted by Gasteiger charge is -2.09. The van der Waals surface area contributed by atoms with Gasteiger partial charge in [0.15, 0.2) is 11.6 Å².